The molecule has 3 aromatic carbocycles. The van der Waals surface area contributed by atoms with Gasteiger partial charge in [0.1, 0.15) is 11.9 Å². The lowest BCUT2D eigenvalue weighted by atomic mass is 9.83. The van der Waals surface area contributed by atoms with E-state index >= 15 is 0 Å². The minimum atomic E-state index is -0.704. The van der Waals surface area contributed by atoms with E-state index in [9.17, 15) is 14.4 Å². The second-order valence-electron chi connectivity index (χ2n) is 9.17. The number of hydrogen-bond acceptors (Lipinski definition) is 7. The second kappa shape index (κ2) is 10.9. The van der Waals surface area contributed by atoms with Gasteiger partial charge in [-0.05, 0) is 54.1 Å². The zero-order chi connectivity index (χ0) is 28.1. The highest BCUT2D eigenvalue weighted by atomic mass is 79.9. The van der Waals surface area contributed by atoms with Crippen LogP contribution in [-0.2, 0) is 16.2 Å². The van der Waals surface area contributed by atoms with E-state index in [2.05, 4.69) is 20.9 Å². The number of hydrogen-bond donors (Lipinski definition) is 1. The van der Waals surface area contributed by atoms with Crippen LogP contribution in [0.2, 0.25) is 10.0 Å². The van der Waals surface area contributed by atoms with E-state index in [-0.39, 0.29) is 23.3 Å². The van der Waals surface area contributed by atoms with Crippen molar-refractivity contribution in [3.63, 3.8) is 0 Å². The van der Waals surface area contributed by atoms with Gasteiger partial charge in [-0.2, -0.15) is 0 Å². The van der Waals surface area contributed by atoms with E-state index in [1.807, 2.05) is 6.07 Å². The summed E-state index contributed by atoms with van der Waals surface area (Å²) in [5.74, 6) is -0.926. The number of carbonyl (C=O) groups is 2. The summed E-state index contributed by atoms with van der Waals surface area (Å²) in [6.45, 7) is 0.190. The van der Waals surface area contributed by atoms with Gasteiger partial charge in [-0.15, -0.1) is 0 Å². The molecule has 2 amide bonds. The van der Waals surface area contributed by atoms with E-state index in [0.717, 1.165) is 31.8 Å². The molecule has 12 heteroatoms. The van der Waals surface area contributed by atoms with Crippen molar-refractivity contribution in [1.29, 1.82) is 0 Å². The van der Waals surface area contributed by atoms with Crippen molar-refractivity contribution in [2.24, 2.45) is 5.92 Å². The molecule has 1 N–H and O–H groups in total. The average molecular weight is 678 g/mol. The minimum absolute atomic E-state index is 0.190. The highest BCUT2D eigenvalue weighted by Crippen LogP contribution is 2.53. The van der Waals surface area contributed by atoms with Crippen molar-refractivity contribution in [1.82, 2.24) is 4.98 Å². The molecule has 6 rings (SSSR count). The zero-order valence-electron chi connectivity index (χ0n) is 20.7. The maximum Gasteiger partial charge on any atom is 0.305 e. The predicted molar refractivity (Wildman–Crippen MR) is 160 cm³/mol. The number of rotatable bonds is 6. The molecule has 7 nitrogen and oxygen atoms in total. The van der Waals surface area contributed by atoms with Gasteiger partial charge in [-0.3, -0.25) is 14.4 Å². The number of thiazole rings is 1. The molecule has 3 heterocycles. The normalized spacial score (nSPS) is 19.9. The van der Waals surface area contributed by atoms with Crippen LogP contribution in [0.3, 0.4) is 0 Å². The van der Waals surface area contributed by atoms with Crippen LogP contribution in [0.15, 0.2) is 75.0 Å². The number of methoxy groups -OCH3 is 1. The van der Waals surface area contributed by atoms with E-state index in [4.69, 9.17) is 32.7 Å². The first-order valence-electron chi connectivity index (χ1n) is 12.0. The summed E-state index contributed by atoms with van der Waals surface area (Å²) in [6.07, 6.45) is 0. The molecule has 0 bridgehead atoms. The molecule has 2 aliphatic rings. The number of H-pyrrole nitrogens is 1. The van der Waals surface area contributed by atoms with Crippen molar-refractivity contribution in [3.8, 4) is 11.5 Å². The molecule has 1 saturated heterocycles. The first-order chi connectivity index (χ1) is 19.2. The summed E-state index contributed by atoms with van der Waals surface area (Å²) in [4.78, 5) is 44.5. The molecular weight excluding hydrogens is 659 g/mol. The third-order valence-electron chi connectivity index (χ3n) is 6.85. The Labute approximate surface area is 255 Å². The molecule has 0 aliphatic carbocycles. The lowest BCUT2D eigenvalue weighted by molar-refractivity contribution is -0.122. The molecule has 204 valence electrons. The van der Waals surface area contributed by atoms with E-state index in [1.165, 1.54) is 23.8 Å². The Morgan fingerprint density at radius 1 is 0.975 bits per heavy atom. The number of aromatic amines is 1. The van der Waals surface area contributed by atoms with Gasteiger partial charge in [0.25, 0.3) is 0 Å². The van der Waals surface area contributed by atoms with Crippen molar-refractivity contribution in [3.05, 3.63) is 101 Å². The van der Waals surface area contributed by atoms with Gasteiger partial charge in [0.05, 0.1) is 23.7 Å². The number of carbonyl (C=O) groups excluding carboxylic acids is 2. The second-order valence-corrected chi connectivity index (χ2v) is 13.1. The fourth-order valence-electron chi connectivity index (χ4n) is 5.01. The largest absolute Gasteiger partial charge is 0.493 e. The lowest BCUT2D eigenvalue weighted by Gasteiger charge is -2.30. The van der Waals surface area contributed by atoms with Crippen LogP contribution in [0.4, 0.5) is 5.69 Å². The van der Waals surface area contributed by atoms with Crippen LogP contribution >= 0.6 is 62.2 Å². The van der Waals surface area contributed by atoms with Crippen LogP contribution in [0.5, 0.6) is 11.5 Å². The van der Waals surface area contributed by atoms with Gasteiger partial charge in [0.15, 0.2) is 11.5 Å². The quantitative estimate of drug-likeness (QED) is 0.224. The number of aromatic nitrogens is 1. The van der Waals surface area contributed by atoms with Crippen LogP contribution in [0.25, 0.3) is 0 Å². The van der Waals surface area contributed by atoms with Gasteiger partial charge in [-0.1, -0.05) is 74.4 Å². The van der Waals surface area contributed by atoms with Crippen molar-refractivity contribution >= 4 is 79.7 Å². The Morgan fingerprint density at radius 3 is 2.48 bits per heavy atom. The molecule has 1 fully saturated rings. The van der Waals surface area contributed by atoms with Gasteiger partial charge in [-0.25, -0.2) is 4.90 Å². The Morgan fingerprint density at radius 2 is 1.75 bits per heavy atom. The van der Waals surface area contributed by atoms with Crippen LogP contribution in [0, 0.1) is 5.92 Å². The van der Waals surface area contributed by atoms with Crippen molar-refractivity contribution in [2.45, 2.75) is 22.8 Å². The highest BCUT2D eigenvalue weighted by Gasteiger charge is 2.56. The molecule has 0 spiro atoms. The standard InChI is InChI=1S/C28H19BrCl2N2O5S2/c1-37-20-10-13(3-9-19(20)38-12-14-2-6-16(30)11-18(14)31)21-22-24(39-25-23(21)40-28(36)32-25)27(35)33(26(22)34)17-7-4-15(29)5-8-17/h2-11,21-22,24H,12H2,1H3,(H,32,36). The number of nitrogens with zero attached hydrogens (tertiary/aromatic N) is 1. The third-order valence-corrected chi connectivity index (χ3v) is 10.4. The fourth-order valence-corrected chi connectivity index (χ4v) is 8.25. The Kier molecular flexibility index (Phi) is 7.47. The number of benzene rings is 3. The van der Waals surface area contributed by atoms with Gasteiger partial charge >= 0.3 is 4.87 Å². The van der Waals surface area contributed by atoms with E-state index in [0.29, 0.717) is 32.3 Å². The number of amides is 2. The Hall–Kier alpha value is -2.76. The average Bonchev–Trinajstić information content (AvgIpc) is 3.43. The molecule has 3 unspecified atom stereocenters. The SMILES string of the molecule is COc1cc(C2c3sc(=O)[nH]c3SC3C(=O)N(c4ccc(Br)cc4)C(=O)C32)ccc1OCc1ccc(Cl)cc1Cl. The molecule has 0 radical (unpaired) electrons. The Balaban J connectivity index is 1.37. The topological polar surface area (TPSA) is 88.7 Å². The Bertz CT molecular complexity index is 1710. The molecular formula is C28H19BrCl2N2O5S2. The molecule has 0 saturated carbocycles. The van der Waals surface area contributed by atoms with Crippen molar-refractivity contribution in [2.75, 3.05) is 12.0 Å². The van der Waals surface area contributed by atoms with Gasteiger partial charge in [0, 0.05) is 30.9 Å². The number of fused-ring (bicyclic) bond motifs is 2. The summed E-state index contributed by atoms with van der Waals surface area (Å²) in [5.41, 5.74) is 2.00. The molecule has 4 aromatic rings. The number of thioether (sulfide) groups is 1. The van der Waals surface area contributed by atoms with Crippen LogP contribution in [-0.4, -0.2) is 29.2 Å². The first kappa shape index (κ1) is 27.4. The summed E-state index contributed by atoms with van der Waals surface area (Å²) in [6, 6.07) is 17.6. The summed E-state index contributed by atoms with van der Waals surface area (Å²) in [7, 11) is 1.53. The smallest absolute Gasteiger partial charge is 0.305 e. The van der Waals surface area contributed by atoms with Gasteiger partial charge in [0.2, 0.25) is 11.8 Å². The maximum atomic E-state index is 13.9. The molecule has 40 heavy (non-hydrogen) atoms. The third kappa shape index (κ3) is 4.86. The minimum Gasteiger partial charge on any atom is -0.493 e. The number of halogens is 3. The fraction of sp³-hybridized carbons (Fsp3) is 0.179. The number of anilines is 1. The summed E-state index contributed by atoms with van der Waals surface area (Å²) in [5, 5.41) is 0.942. The summed E-state index contributed by atoms with van der Waals surface area (Å²) < 4.78 is 12.5. The first-order valence-corrected chi connectivity index (χ1v) is 15.3. The highest BCUT2D eigenvalue weighted by molar-refractivity contribution is 9.10. The van der Waals surface area contributed by atoms with Crippen LogP contribution < -0.4 is 19.2 Å². The van der Waals surface area contributed by atoms with Crippen LogP contribution in [0.1, 0.15) is 21.9 Å². The number of ether oxygens (including phenoxy) is 2. The zero-order valence-corrected chi connectivity index (χ0v) is 25.4. The maximum absolute atomic E-state index is 13.9. The lowest BCUT2D eigenvalue weighted by Crippen LogP contribution is -2.32. The molecule has 3 atom stereocenters. The summed E-state index contributed by atoms with van der Waals surface area (Å²) >= 11 is 18.0. The van der Waals surface area contributed by atoms with Crippen molar-refractivity contribution < 1.29 is 19.1 Å². The van der Waals surface area contributed by atoms with E-state index < -0.39 is 17.1 Å². The number of nitrogens with one attached hydrogen (secondary N) is 1. The van der Waals surface area contributed by atoms with Gasteiger partial charge < -0.3 is 14.5 Å². The predicted octanol–water partition coefficient (Wildman–Crippen LogP) is 6.89. The molecule has 2 aliphatic heterocycles. The number of imide groups is 1. The molecule has 1 aromatic heterocycles. The monoisotopic (exact) mass is 676 g/mol. The van der Waals surface area contributed by atoms with E-state index in [1.54, 1.807) is 54.6 Å².